The van der Waals surface area contributed by atoms with Gasteiger partial charge in [0.15, 0.2) is 6.61 Å². The molecule has 0 aliphatic rings. The van der Waals surface area contributed by atoms with E-state index < -0.39 is 12.8 Å². The molecule has 21 heavy (non-hydrogen) atoms. The molecule has 0 saturated carbocycles. The number of methoxy groups -OCH3 is 1. The van der Waals surface area contributed by atoms with Crippen LogP contribution >= 0.6 is 0 Å². The summed E-state index contributed by atoms with van der Waals surface area (Å²) in [5, 5.41) is 0. The van der Waals surface area contributed by atoms with Crippen molar-refractivity contribution >= 4 is 5.69 Å². The average molecular weight is 298 g/mol. The first-order valence-corrected chi connectivity index (χ1v) is 5.99. The van der Waals surface area contributed by atoms with E-state index in [1.54, 1.807) is 24.3 Å². The maximum absolute atomic E-state index is 12.3. The molecule has 0 spiro atoms. The lowest BCUT2D eigenvalue weighted by molar-refractivity contribution is -0.153. The van der Waals surface area contributed by atoms with Crippen molar-refractivity contribution in [1.82, 2.24) is 4.98 Å². The van der Waals surface area contributed by atoms with Crippen molar-refractivity contribution in [1.29, 1.82) is 0 Å². The maximum atomic E-state index is 12.3. The van der Waals surface area contributed by atoms with E-state index in [0.29, 0.717) is 22.7 Å². The lowest BCUT2D eigenvalue weighted by Gasteiger charge is -2.15. The van der Waals surface area contributed by atoms with E-state index >= 15 is 0 Å². The predicted molar refractivity (Wildman–Crippen MR) is 72.2 cm³/mol. The zero-order valence-electron chi connectivity index (χ0n) is 11.1. The van der Waals surface area contributed by atoms with Crippen LogP contribution in [0, 0.1) is 0 Å². The monoisotopic (exact) mass is 298 g/mol. The third-order valence-corrected chi connectivity index (χ3v) is 2.65. The summed E-state index contributed by atoms with van der Waals surface area (Å²) in [6.07, 6.45) is -2.91. The maximum Gasteiger partial charge on any atom is 0.422 e. The van der Waals surface area contributed by atoms with Gasteiger partial charge in [0.2, 0.25) is 5.88 Å². The fraction of sp³-hybridized carbons (Fsp3) is 0.214. The van der Waals surface area contributed by atoms with E-state index in [2.05, 4.69) is 4.98 Å². The molecule has 0 bridgehead atoms. The number of nitrogen functional groups attached to an aromatic ring is 1. The molecule has 2 rings (SSSR count). The molecule has 2 aromatic rings. The number of hydrogen-bond donors (Lipinski definition) is 1. The Morgan fingerprint density at radius 3 is 2.62 bits per heavy atom. The van der Waals surface area contributed by atoms with E-state index in [-0.39, 0.29) is 5.75 Å². The molecule has 0 unspecified atom stereocenters. The van der Waals surface area contributed by atoms with Gasteiger partial charge in [-0.15, -0.1) is 0 Å². The van der Waals surface area contributed by atoms with Gasteiger partial charge in [-0.1, -0.05) is 0 Å². The van der Waals surface area contributed by atoms with Crippen molar-refractivity contribution in [3.05, 3.63) is 36.5 Å². The van der Waals surface area contributed by atoms with Crippen molar-refractivity contribution in [3.63, 3.8) is 0 Å². The van der Waals surface area contributed by atoms with E-state index in [4.69, 9.17) is 15.2 Å². The number of ether oxygens (including phenoxy) is 2. The number of benzene rings is 1. The minimum absolute atomic E-state index is 0.0265. The summed E-state index contributed by atoms with van der Waals surface area (Å²) in [5.74, 6) is 0.317. The van der Waals surface area contributed by atoms with Gasteiger partial charge in [-0.25, -0.2) is 4.98 Å². The zero-order chi connectivity index (χ0) is 15.5. The van der Waals surface area contributed by atoms with Crippen LogP contribution in [0.25, 0.3) is 11.1 Å². The van der Waals surface area contributed by atoms with Crippen LogP contribution in [0.5, 0.6) is 11.6 Å². The Morgan fingerprint density at radius 2 is 1.95 bits per heavy atom. The van der Waals surface area contributed by atoms with Crippen LogP contribution in [0.2, 0.25) is 0 Å². The van der Waals surface area contributed by atoms with Gasteiger partial charge in [-0.05, 0) is 24.3 Å². The molecule has 7 heteroatoms. The Kier molecular flexibility index (Phi) is 4.21. The first kappa shape index (κ1) is 15.0. The topological polar surface area (TPSA) is 57.4 Å². The molecule has 1 aromatic carbocycles. The second-order valence-electron chi connectivity index (χ2n) is 4.22. The minimum atomic E-state index is -4.43. The van der Waals surface area contributed by atoms with Crippen molar-refractivity contribution < 1.29 is 22.6 Å². The quantitative estimate of drug-likeness (QED) is 0.880. The molecule has 0 atom stereocenters. The zero-order valence-corrected chi connectivity index (χ0v) is 11.1. The van der Waals surface area contributed by atoms with Crippen LogP contribution in [0.4, 0.5) is 18.9 Å². The largest absolute Gasteiger partial charge is 0.483 e. The van der Waals surface area contributed by atoms with Crippen molar-refractivity contribution in [2.45, 2.75) is 6.18 Å². The molecule has 112 valence electrons. The van der Waals surface area contributed by atoms with E-state index in [1.807, 2.05) is 0 Å². The van der Waals surface area contributed by atoms with Gasteiger partial charge in [0.05, 0.1) is 7.11 Å². The standard InChI is InChI=1S/C14H13F3N2O2/c1-20-13-11(3-2-6-19-13)10-5-4-9(18)7-12(10)21-8-14(15,16)17/h2-7H,8,18H2,1H3. The van der Waals surface area contributed by atoms with Gasteiger partial charge in [-0.2, -0.15) is 13.2 Å². The summed E-state index contributed by atoms with van der Waals surface area (Å²) >= 11 is 0. The Bertz CT molecular complexity index is 630. The molecular formula is C14H13F3N2O2. The highest BCUT2D eigenvalue weighted by molar-refractivity contribution is 5.76. The number of rotatable bonds is 4. The highest BCUT2D eigenvalue weighted by Gasteiger charge is 2.29. The average Bonchev–Trinajstić information content (AvgIpc) is 2.44. The number of pyridine rings is 1. The highest BCUT2D eigenvalue weighted by Crippen LogP contribution is 2.36. The molecule has 0 fully saturated rings. The number of halogens is 3. The van der Waals surface area contributed by atoms with Crippen LogP contribution in [-0.4, -0.2) is 24.9 Å². The van der Waals surface area contributed by atoms with Crippen molar-refractivity contribution in [3.8, 4) is 22.8 Å². The summed E-state index contributed by atoms with van der Waals surface area (Å²) in [4.78, 5) is 4.01. The SMILES string of the molecule is COc1ncccc1-c1ccc(N)cc1OCC(F)(F)F. The normalized spacial score (nSPS) is 11.2. The highest BCUT2D eigenvalue weighted by atomic mass is 19.4. The summed E-state index contributed by atoms with van der Waals surface area (Å²) in [7, 11) is 1.43. The van der Waals surface area contributed by atoms with Crippen LogP contribution in [0.3, 0.4) is 0 Å². The van der Waals surface area contributed by atoms with Gasteiger partial charge in [0.25, 0.3) is 0 Å². The number of alkyl halides is 3. The Balaban J connectivity index is 2.43. The number of nitrogens with zero attached hydrogens (tertiary/aromatic N) is 1. The molecule has 0 radical (unpaired) electrons. The van der Waals surface area contributed by atoms with Crippen LogP contribution in [0.15, 0.2) is 36.5 Å². The van der Waals surface area contributed by atoms with Gasteiger partial charge in [0, 0.05) is 29.1 Å². The van der Waals surface area contributed by atoms with Crippen molar-refractivity contribution in [2.24, 2.45) is 0 Å². The smallest absolute Gasteiger partial charge is 0.422 e. The van der Waals surface area contributed by atoms with Crippen LogP contribution in [0.1, 0.15) is 0 Å². The summed E-state index contributed by atoms with van der Waals surface area (Å²) < 4.78 is 46.9. The molecule has 0 aliphatic carbocycles. The molecule has 0 saturated heterocycles. The van der Waals surface area contributed by atoms with Gasteiger partial charge < -0.3 is 15.2 Å². The van der Waals surface area contributed by atoms with Gasteiger partial charge in [0.1, 0.15) is 5.75 Å². The third-order valence-electron chi connectivity index (χ3n) is 2.65. The number of anilines is 1. The minimum Gasteiger partial charge on any atom is -0.483 e. The number of nitrogens with two attached hydrogens (primary N) is 1. The fourth-order valence-corrected chi connectivity index (χ4v) is 1.80. The second kappa shape index (κ2) is 5.90. The summed E-state index contributed by atoms with van der Waals surface area (Å²) in [6.45, 7) is -1.40. The first-order valence-electron chi connectivity index (χ1n) is 5.99. The van der Waals surface area contributed by atoms with Crippen LogP contribution in [-0.2, 0) is 0 Å². The third kappa shape index (κ3) is 3.77. The van der Waals surface area contributed by atoms with Gasteiger partial charge in [-0.3, -0.25) is 0 Å². The second-order valence-corrected chi connectivity index (χ2v) is 4.22. The van der Waals surface area contributed by atoms with E-state index in [0.717, 1.165) is 0 Å². The molecule has 1 heterocycles. The van der Waals surface area contributed by atoms with Crippen LogP contribution < -0.4 is 15.2 Å². The first-order chi connectivity index (χ1) is 9.90. The lowest BCUT2D eigenvalue weighted by atomic mass is 10.1. The predicted octanol–water partition coefficient (Wildman–Crippen LogP) is 3.28. The number of aromatic nitrogens is 1. The van der Waals surface area contributed by atoms with Crippen molar-refractivity contribution in [2.75, 3.05) is 19.5 Å². The molecule has 4 nitrogen and oxygen atoms in total. The fourth-order valence-electron chi connectivity index (χ4n) is 1.80. The Morgan fingerprint density at radius 1 is 1.19 bits per heavy atom. The molecule has 1 aromatic heterocycles. The Labute approximate surface area is 119 Å². The number of hydrogen-bond acceptors (Lipinski definition) is 4. The summed E-state index contributed by atoms with van der Waals surface area (Å²) in [5.41, 5.74) is 6.87. The van der Waals surface area contributed by atoms with E-state index in [1.165, 1.54) is 19.4 Å². The molecule has 0 aliphatic heterocycles. The molecule has 2 N–H and O–H groups in total. The van der Waals surface area contributed by atoms with Gasteiger partial charge >= 0.3 is 6.18 Å². The summed E-state index contributed by atoms with van der Waals surface area (Å²) in [6, 6.07) is 7.82. The van der Waals surface area contributed by atoms with E-state index in [9.17, 15) is 13.2 Å². The Hall–Kier alpha value is -2.44. The lowest BCUT2D eigenvalue weighted by Crippen LogP contribution is -2.19. The molecular weight excluding hydrogens is 285 g/mol. The molecule has 0 amide bonds.